The summed E-state index contributed by atoms with van der Waals surface area (Å²) in [4.78, 5) is 32.0. The molecule has 39 heavy (non-hydrogen) atoms. The molecule has 0 aliphatic heterocycles. The Labute approximate surface area is 227 Å². The van der Waals surface area contributed by atoms with E-state index in [1.165, 1.54) is 12.8 Å². The number of hydrogen-bond acceptors (Lipinski definition) is 7. The predicted molar refractivity (Wildman–Crippen MR) is 152 cm³/mol. The number of aromatic nitrogens is 1. The fourth-order valence-electron chi connectivity index (χ4n) is 4.92. The number of carbonyl (C=O) groups is 1. The zero-order valence-electron chi connectivity index (χ0n) is 22.8. The van der Waals surface area contributed by atoms with E-state index < -0.39 is 0 Å². The molecular formula is C31H35N3O5. The van der Waals surface area contributed by atoms with E-state index in [0.29, 0.717) is 64.7 Å². The van der Waals surface area contributed by atoms with E-state index in [1.54, 1.807) is 24.4 Å². The molecule has 8 heteroatoms. The van der Waals surface area contributed by atoms with Crippen molar-refractivity contribution >= 4 is 27.8 Å². The van der Waals surface area contributed by atoms with Crippen molar-refractivity contribution in [3.8, 4) is 17.2 Å². The van der Waals surface area contributed by atoms with E-state index in [1.807, 2.05) is 50.2 Å². The van der Waals surface area contributed by atoms with E-state index in [-0.39, 0.29) is 11.3 Å². The molecule has 0 spiro atoms. The third kappa shape index (κ3) is 6.57. The van der Waals surface area contributed by atoms with Gasteiger partial charge in [0.2, 0.25) is 11.3 Å². The smallest absolute Gasteiger partial charge is 0.220 e. The molecule has 8 nitrogen and oxygen atoms in total. The van der Waals surface area contributed by atoms with E-state index in [2.05, 4.69) is 10.3 Å². The largest absolute Gasteiger partial charge is 0.488 e. The summed E-state index contributed by atoms with van der Waals surface area (Å²) in [6.07, 6.45) is 7.18. The molecule has 2 aromatic heterocycles. The van der Waals surface area contributed by atoms with E-state index in [0.717, 1.165) is 30.6 Å². The monoisotopic (exact) mass is 529 g/mol. The van der Waals surface area contributed by atoms with Crippen LogP contribution in [0.15, 0.2) is 57.9 Å². The van der Waals surface area contributed by atoms with E-state index in [9.17, 15) is 9.59 Å². The van der Waals surface area contributed by atoms with Crippen molar-refractivity contribution in [3.63, 3.8) is 0 Å². The first-order valence-electron chi connectivity index (χ1n) is 13.6. The molecule has 1 amide bonds. The Balaban J connectivity index is 1.30. The molecule has 1 fully saturated rings. The maximum absolute atomic E-state index is 13.3. The first kappa shape index (κ1) is 26.7. The van der Waals surface area contributed by atoms with Crippen LogP contribution in [0.4, 0.5) is 0 Å². The van der Waals surface area contributed by atoms with Gasteiger partial charge in [0.15, 0.2) is 11.3 Å². The number of benzene rings is 2. The van der Waals surface area contributed by atoms with Crippen LogP contribution in [0.5, 0.6) is 17.2 Å². The molecule has 2 heterocycles. The normalized spacial score (nSPS) is 13.8. The van der Waals surface area contributed by atoms with Crippen molar-refractivity contribution in [2.24, 2.45) is 0 Å². The Morgan fingerprint density at radius 3 is 2.62 bits per heavy atom. The first-order valence-corrected chi connectivity index (χ1v) is 13.6. The molecule has 0 unspecified atom stereocenters. The molecular weight excluding hydrogens is 494 g/mol. The van der Waals surface area contributed by atoms with Crippen molar-refractivity contribution in [1.82, 2.24) is 15.2 Å². The third-order valence-corrected chi connectivity index (χ3v) is 7.01. The number of aryl methyl sites for hydroxylation is 2. The highest BCUT2D eigenvalue weighted by atomic mass is 16.5. The second-order valence-corrected chi connectivity index (χ2v) is 10.5. The molecule has 1 N–H and O–H groups in total. The Morgan fingerprint density at radius 1 is 1.08 bits per heavy atom. The molecule has 1 aliphatic rings. The second-order valence-electron chi connectivity index (χ2n) is 10.5. The van der Waals surface area contributed by atoms with Crippen LogP contribution in [-0.4, -0.2) is 49.1 Å². The maximum Gasteiger partial charge on any atom is 0.220 e. The highest BCUT2D eigenvalue weighted by molar-refractivity contribution is 5.93. The number of pyridine rings is 1. The lowest BCUT2D eigenvalue weighted by molar-refractivity contribution is -0.121. The van der Waals surface area contributed by atoms with Crippen LogP contribution >= 0.6 is 0 Å². The standard InChI is InChI=1S/C31H35N3O5/c1-20-16-26-30(36)25-12-11-23(18-27(25)39-31(26)28(17-20)37-15-14-34(2)3)38-24-10-8-21(32-19-24)9-13-29(35)33-22-6-4-5-7-22/h8,10-12,16-19,22H,4-7,9,13-15H2,1-3H3,(H,33,35). The number of carbonyl (C=O) groups excluding carboxylic acids is 1. The van der Waals surface area contributed by atoms with Gasteiger partial charge in [0.1, 0.15) is 23.7 Å². The van der Waals surface area contributed by atoms with E-state index in [4.69, 9.17) is 13.9 Å². The number of rotatable bonds is 10. The second kappa shape index (κ2) is 11.9. The average molecular weight is 530 g/mol. The van der Waals surface area contributed by atoms with Gasteiger partial charge in [0, 0.05) is 30.8 Å². The number of ether oxygens (including phenoxy) is 2. The fourth-order valence-corrected chi connectivity index (χ4v) is 4.92. The molecule has 5 rings (SSSR count). The van der Waals surface area contributed by atoms with Gasteiger partial charge in [-0.05, 0) is 82.2 Å². The zero-order valence-corrected chi connectivity index (χ0v) is 22.8. The zero-order chi connectivity index (χ0) is 27.4. The van der Waals surface area contributed by atoms with Crippen LogP contribution < -0.4 is 20.2 Å². The third-order valence-electron chi connectivity index (χ3n) is 7.01. The highest BCUT2D eigenvalue weighted by Crippen LogP contribution is 2.31. The van der Waals surface area contributed by atoms with Crippen LogP contribution in [0.3, 0.4) is 0 Å². The summed E-state index contributed by atoms with van der Waals surface area (Å²) in [5.74, 6) is 1.71. The average Bonchev–Trinajstić information content (AvgIpc) is 3.42. The minimum Gasteiger partial charge on any atom is -0.488 e. The summed E-state index contributed by atoms with van der Waals surface area (Å²) < 4.78 is 18.2. The number of amides is 1. The first-order chi connectivity index (χ1) is 18.9. The summed E-state index contributed by atoms with van der Waals surface area (Å²) in [5, 5.41) is 4.08. The van der Waals surface area contributed by atoms with E-state index >= 15 is 0 Å². The van der Waals surface area contributed by atoms with Gasteiger partial charge in [-0.2, -0.15) is 0 Å². The van der Waals surface area contributed by atoms with Gasteiger partial charge < -0.3 is 24.1 Å². The molecule has 2 aromatic carbocycles. The minimum absolute atomic E-state index is 0.0793. The number of likely N-dealkylation sites (N-methyl/N-ethyl adjacent to an activating group) is 1. The number of fused-ring (bicyclic) bond motifs is 2. The molecule has 0 radical (unpaired) electrons. The molecule has 0 saturated heterocycles. The van der Waals surface area contributed by atoms with Crippen LogP contribution in [0, 0.1) is 6.92 Å². The summed E-state index contributed by atoms with van der Waals surface area (Å²) in [6, 6.07) is 12.9. The molecule has 204 valence electrons. The lowest BCUT2D eigenvalue weighted by atomic mass is 10.1. The van der Waals surface area contributed by atoms with Crippen molar-refractivity contribution < 1.29 is 18.7 Å². The van der Waals surface area contributed by atoms with Gasteiger partial charge >= 0.3 is 0 Å². The van der Waals surface area contributed by atoms with Crippen LogP contribution in [-0.2, 0) is 11.2 Å². The SMILES string of the molecule is Cc1cc(OCCN(C)C)c2oc3cc(Oc4ccc(CCC(=O)NC5CCCC5)nc4)ccc3c(=O)c2c1. The van der Waals surface area contributed by atoms with Crippen LogP contribution in [0.2, 0.25) is 0 Å². The van der Waals surface area contributed by atoms with Crippen molar-refractivity contribution in [2.75, 3.05) is 27.2 Å². The maximum atomic E-state index is 13.3. The van der Waals surface area contributed by atoms with Gasteiger partial charge in [-0.25, -0.2) is 0 Å². The molecule has 4 aromatic rings. The molecule has 0 atom stereocenters. The number of nitrogens with zero attached hydrogens (tertiary/aromatic N) is 2. The minimum atomic E-state index is -0.109. The Kier molecular flexibility index (Phi) is 8.12. The molecule has 0 bridgehead atoms. The number of nitrogens with one attached hydrogen (secondary N) is 1. The summed E-state index contributed by atoms with van der Waals surface area (Å²) >= 11 is 0. The van der Waals surface area contributed by atoms with Crippen molar-refractivity contribution in [2.45, 2.75) is 51.5 Å². The lowest BCUT2D eigenvalue weighted by Crippen LogP contribution is -2.32. The summed E-state index contributed by atoms with van der Waals surface area (Å²) in [5.41, 5.74) is 2.50. The van der Waals surface area contributed by atoms with Crippen LogP contribution in [0.1, 0.15) is 43.4 Å². The Morgan fingerprint density at radius 2 is 1.87 bits per heavy atom. The number of hydrogen-bond donors (Lipinski definition) is 1. The lowest BCUT2D eigenvalue weighted by Gasteiger charge is -2.13. The predicted octanol–water partition coefficient (Wildman–Crippen LogP) is 5.37. The Bertz CT molecular complexity index is 1520. The summed E-state index contributed by atoms with van der Waals surface area (Å²) in [7, 11) is 3.96. The van der Waals surface area contributed by atoms with Gasteiger partial charge in [0.25, 0.3) is 0 Å². The molecule has 1 aliphatic carbocycles. The topological polar surface area (TPSA) is 93.9 Å². The quantitative estimate of drug-likeness (QED) is 0.276. The van der Waals surface area contributed by atoms with Gasteiger partial charge in [-0.15, -0.1) is 0 Å². The highest BCUT2D eigenvalue weighted by Gasteiger charge is 2.17. The van der Waals surface area contributed by atoms with Gasteiger partial charge in [-0.1, -0.05) is 12.8 Å². The van der Waals surface area contributed by atoms with Gasteiger partial charge in [-0.3, -0.25) is 14.6 Å². The fraction of sp³-hybridized carbons (Fsp3) is 0.387. The summed E-state index contributed by atoms with van der Waals surface area (Å²) in [6.45, 7) is 3.15. The molecule has 1 saturated carbocycles. The Hall–Kier alpha value is -3.91. The van der Waals surface area contributed by atoms with Gasteiger partial charge in [0.05, 0.1) is 17.0 Å². The van der Waals surface area contributed by atoms with Crippen molar-refractivity contribution in [1.29, 1.82) is 0 Å². The van der Waals surface area contributed by atoms with Crippen molar-refractivity contribution in [3.05, 3.63) is 70.1 Å². The van der Waals surface area contributed by atoms with Crippen LogP contribution in [0.25, 0.3) is 21.9 Å².